The third-order valence-electron chi connectivity index (χ3n) is 3.34. The van der Waals surface area contributed by atoms with Crippen LogP contribution in [0.3, 0.4) is 0 Å². The molecule has 1 fully saturated rings. The summed E-state index contributed by atoms with van der Waals surface area (Å²) < 4.78 is 0. The van der Waals surface area contributed by atoms with E-state index in [-0.39, 0.29) is 17.9 Å². The monoisotopic (exact) mass is 275 g/mol. The number of rotatable bonds is 4. The Kier molecular flexibility index (Phi) is 5.12. The molecular formula is C15H21N3O2. The maximum absolute atomic E-state index is 12.0. The first-order valence-corrected chi connectivity index (χ1v) is 7.03. The van der Waals surface area contributed by atoms with Crippen LogP contribution in [0.1, 0.15) is 31.7 Å². The maximum atomic E-state index is 12.0. The molecule has 2 rings (SSSR count). The molecule has 0 saturated carbocycles. The van der Waals surface area contributed by atoms with Crippen molar-refractivity contribution in [1.29, 1.82) is 0 Å². The van der Waals surface area contributed by atoms with Gasteiger partial charge in [0.15, 0.2) is 0 Å². The minimum atomic E-state index is -0.0995. The molecular weight excluding hydrogens is 254 g/mol. The second kappa shape index (κ2) is 7.05. The number of piperidine rings is 1. The molecule has 2 amide bonds. The molecule has 1 aliphatic heterocycles. The Labute approximate surface area is 119 Å². The highest BCUT2D eigenvalue weighted by Crippen LogP contribution is 2.11. The van der Waals surface area contributed by atoms with Crippen LogP contribution < -0.4 is 16.0 Å². The molecule has 1 aromatic carbocycles. The maximum Gasteiger partial charge on any atom is 0.237 e. The van der Waals surface area contributed by atoms with Gasteiger partial charge in [0.25, 0.3) is 0 Å². The highest BCUT2D eigenvalue weighted by Gasteiger charge is 2.19. The van der Waals surface area contributed by atoms with Crippen LogP contribution >= 0.6 is 0 Å². The summed E-state index contributed by atoms with van der Waals surface area (Å²) >= 11 is 0. The lowest BCUT2D eigenvalue weighted by molar-refractivity contribution is -0.123. The van der Waals surface area contributed by atoms with Crippen LogP contribution in [0, 0.1) is 0 Å². The predicted molar refractivity (Wildman–Crippen MR) is 78.2 cm³/mol. The van der Waals surface area contributed by atoms with Gasteiger partial charge in [-0.3, -0.25) is 9.59 Å². The number of amides is 2. The van der Waals surface area contributed by atoms with Crippen molar-refractivity contribution in [3.8, 4) is 0 Å². The fourth-order valence-corrected chi connectivity index (χ4v) is 2.35. The molecule has 0 radical (unpaired) electrons. The normalized spacial score (nSPS) is 18.4. The lowest BCUT2D eigenvalue weighted by Crippen LogP contribution is -2.46. The summed E-state index contributed by atoms with van der Waals surface area (Å²) in [4.78, 5) is 23.0. The predicted octanol–water partition coefficient (Wildman–Crippen LogP) is 1.40. The van der Waals surface area contributed by atoms with Crippen LogP contribution in [0.4, 0.5) is 5.69 Å². The van der Waals surface area contributed by atoms with Gasteiger partial charge < -0.3 is 16.0 Å². The van der Waals surface area contributed by atoms with Crippen LogP contribution in [0.2, 0.25) is 0 Å². The Morgan fingerprint density at radius 1 is 1.35 bits per heavy atom. The average molecular weight is 275 g/mol. The van der Waals surface area contributed by atoms with E-state index in [4.69, 9.17) is 0 Å². The third kappa shape index (κ3) is 4.35. The van der Waals surface area contributed by atoms with Gasteiger partial charge in [0.2, 0.25) is 11.8 Å². The Balaban J connectivity index is 1.86. The van der Waals surface area contributed by atoms with Gasteiger partial charge >= 0.3 is 0 Å². The Bertz CT molecular complexity index is 482. The first kappa shape index (κ1) is 14.5. The zero-order valence-corrected chi connectivity index (χ0v) is 11.7. The largest absolute Gasteiger partial charge is 0.351 e. The average Bonchev–Trinajstić information content (AvgIpc) is 2.45. The van der Waals surface area contributed by atoms with E-state index >= 15 is 0 Å². The van der Waals surface area contributed by atoms with Gasteiger partial charge in [-0.05, 0) is 37.1 Å². The van der Waals surface area contributed by atoms with Crippen LogP contribution in [0.25, 0.3) is 0 Å². The number of carbonyl (C=O) groups excluding carboxylic acids is 2. The van der Waals surface area contributed by atoms with Crippen LogP contribution in [0.15, 0.2) is 24.3 Å². The summed E-state index contributed by atoms with van der Waals surface area (Å²) in [5, 5.41) is 8.89. The third-order valence-corrected chi connectivity index (χ3v) is 3.34. The zero-order valence-electron chi connectivity index (χ0n) is 11.7. The number of hydrogen-bond acceptors (Lipinski definition) is 3. The summed E-state index contributed by atoms with van der Waals surface area (Å²) in [5.74, 6) is -0.0489. The van der Waals surface area contributed by atoms with Crippen molar-refractivity contribution in [3.63, 3.8) is 0 Å². The van der Waals surface area contributed by atoms with E-state index in [2.05, 4.69) is 16.0 Å². The van der Waals surface area contributed by atoms with E-state index in [1.54, 1.807) is 0 Å². The molecule has 1 heterocycles. The quantitative estimate of drug-likeness (QED) is 0.778. The van der Waals surface area contributed by atoms with Gasteiger partial charge in [-0.25, -0.2) is 0 Å². The second-order valence-corrected chi connectivity index (χ2v) is 5.10. The molecule has 0 spiro atoms. The summed E-state index contributed by atoms with van der Waals surface area (Å²) in [6.07, 6.45) is 3.14. The molecule has 5 nitrogen and oxygen atoms in total. The molecule has 0 aromatic heterocycles. The molecule has 1 atom stereocenters. The van der Waals surface area contributed by atoms with E-state index in [0.29, 0.717) is 6.54 Å². The number of hydrogen-bond donors (Lipinski definition) is 3. The van der Waals surface area contributed by atoms with Crippen molar-refractivity contribution in [2.24, 2.45) is 0 Å². The van der Waals surface area contributed by atoms with E-state index < -0.39 is 0 Å². The number of anilines is 1. The second-order valence-electron chi connectivity index (χ2n) is 5.10. The fraction of sp³-hybridized carbons (Fsp3) is 0.467. The lowest BCUT2D eigenvalue weighted by atomic mass is 10.0. The molecule has 0 aliphatic carbocycles. The SMILES string of the molecule is CC(=O)Nc1cccc(CNC(=O)C2CCCCN2)c1. The van der Waals surface area contributed by atoms with Crippen LogP contribution in [-0.2, 0) is 16.1 Å². The van der Waals surface area contributed by atoms with Gasteiger partial charge in [0.1, 0.15) is 0 Å². The Morgan fingerprint density at radius 3 is 2.90 bits per heavy atom. The molecule has 20 heavy (non-hydrogen) atoms. The molecule has 0 bridgehead atoms. The van der Waals surface area contributed by atoms with E-state index in [1.807, 2.05) is 24.3 Å². The van der Waals surface area contributed by atoms with Crippen molar-refractivity contribution in [1.82, 2.24) is 10.6 Å². The van der Waals surface area contributed by atoms with Crippen molar-refractivity contribution < 1.29 is 9.59 Å². The first-order valence-electron chi connectivity index (χ1n) is 7.03. The molecule has 1 aromatic rings. The lowest BCUT2D eigenvalue weighted by Gasteiger charge is -2.22. The van der Waals surface area contributed by atoms with E-state index in [0.717, 1.165) is 37.1 Å². The standard InChI is InChI=1S/C15H21N3O2/c1-11(19)18-13-6-4-5-12(9-13)10-17-15(20)14-7-2-3-8-16-14/h4-6,9,14,16H,2-3,7-8,10H2,1H3,(H,17,20)(H,18,19). The Morgan fingerprint density at radius 2 is 2.20 bits per heavy atom. The number of nitrogens with one attached hydrogen (secondary N) is 3. The fourth-order valence-electron chi connectivity index (χ4n) is 2.35. The highest BCUT2D eigenvalue weighted by atomic mass is 16.2. The summed E-state index contributed by atoms with van der Waals surface area (Å²) in [6, 6.07) is 7.43. The van der Waals surface area contributed by atoms with Gasteiger partial charge in [-0.1, -0.05) is 18.6 Å². The number of benzene rings is 1. The smallest absolute Gasteiger partial charge is 0.237 e. The van der Waals surface area contributed by atoms with Crippen molar-refractivity contribution in [2.75, 3.05) is 11.9 Å². The molecule has 1 saturated heterocycles. The molecule has 108 valence electrons. The molecule has 1 aliphatic rings. The highest BCUT2D eigenvalue weighted by molar-refractivity contribution is 5.88. The van der Waals surface area contributed by atoms with E-state index in [9.17, 15) is 9.59 Å². The van der Waals surface area contributed by atoms with Crippen LogP contribution in [0.5, 0.6) is 0 Å². The minimum absolute atomic E-state index is 0.0506. The van der Waals surface area contributed by atoms with Crippen molar-refractivity contribution >= 4 is 17.5 Å². The van der Waals surface area contributed by atoms with Gasteiger partial charge in [0.05, 0.1) is 6.04 Å². The molecule has 3 N–H and O–H groups in total. The van der Waals surface area contributed by atoms with Crippen molar-refractivity contribution in [2.45, 2.75) is 38.8 Å². The summed E-state index contributed by atoms with van der Waals surface area (Å²) in [7, 11) is 0. The van der Waals surface area contributed by atoms with Gasteiger partial charge in [-0.15, -0.1) is 0 Å². The molecule has 1 unspecified atom stereocenters. The summed E-state index contributed by atoms with van der Waals surface area (Å²) in [6.45, 7) is 2.86. The Hall–Kier alpha value is -1.88. The van der Waals surface area contributed by atoms with Crippen molar-refractivity contribution in [3.05, 3.63) is 29.8 Å². The van der Waals surface area contributed by atoms with Gasteiger partial charge in [-0.2, -0.15) is 0 Å². The first-order chi connectivity index (χ1) is 9.65. The topological polar surface area (TPSA) is 70.2 Å². The minimum Gasteiger partial charge on any atom is -0.351 e. The number of carbonyl (C=O) groups is 2. The molecule has 5 heteroatoms. The zero-order chi connectivity index (χ0) is 14.4. The summed E-state index contributed by atoms with van der Waals surface area (Å²) in [5.41, 5.74) is 1.72. The van der Waals surface area contributed by atoms with Gasteiger partial charge in [0, 0.05) is 19.2 Å². The van der Waals surface area contributed by atoms with E-state index in [1.165, 1.54) is 6.92 Å². The van der Waals surface area contributed by atoms with Crippen LogP contribution in [-0.4, -0.2) is 24.4 Å².